The maximum absolute atomic E-state index is 11.8. The quantitative estimate of drug-likeness (QED) is 0.866. The van der Waals surface area contributed by atoms with Gasteiger partial charge >= 0.3 is 0 Å². The number of rotatable bonds is 6. The molecule has 1 aliphatic rings. The second-order valence-corrected chi connectivity index (χ2v) is 5.67. The number of carbonyl (C=O) groups is 1. The zero-order valence-electron chi connectivity index (χ0n) is 12.0. The Bertz CT molecular complexity index is 429. The average Bonchev–Trinajstić information content (AvgIpc) is 2.49. The number of primary amides is 1. The summed E-state index contributed by atoms with van der Waals surface area (Å²) < 4.78 is 11.2. The lowest BCUT2D eigenvalue weighted by Crippen LogP contribution is -2.47. The van der Waals surface area contributed by atoms with Crippen LogP contribution in [0.2, 0.25) is 0 Å². The van der Waals surface area contributed by atoms with Gasteiger partial charge in [0.1, 0.15) is 0 Å². The number of benzene rings is 1. The van der Waals surface area contributed by atoms with Crippen LogP contribution in [0, 0.1) is 11.3 Å². The molecule has 0 saturated carbocycles. The Kier molecular flexibility index (Phi) is 5.15. The van der Waals surface area contributed by atoms with E-state index in [1.807, 2.05) is 37.3 Å². The molecule has 2 atom stereocenters. The first-order valence-electron chi connectivity index (χ1n) is 7.12. The van der Waals surface area contributed by atoms with Gasteiger partial charge in [-0.05, 0) is 31.2 Å². The standard InChI is InChI=1S/C16H23NO3/c1-16(15(17)18,14-8-5-9-19-11-14)12-20-10-13-6-3-2-4-7-13/h2-4,6-7,14H,5,8-12H2,1H3,(H2,17,18). The molecule has 0 aliphatic carbocycles. The third kappa shape index (κ3) is 3.58. The third-order valence-corrected chi connectivity index (χ3v) is 4.14. The maximum Gasteiger partial charge on any atom is 0.226 e. The molecule has 20 heavy (non-hydrogen) atoms. The molecule has 0 aromatic heterocycles. The van der Waals surface area contributed by atoms with E-state index >= 15 is 0 Å². The van der Waals surface area contributed by atoms with Crippen LogP contribution in [0.4, 0.5) is 0 Å². The minimum atomic E-state index is -0.658. The molecule has 1 amide bonds. The number of hydrogen-bond acceptors (Lipinski definition) is 3. The van der Waals surface area contributed by atoms with Crippen molar-refractivity contribution in [2.24, 2.45) is 17.1 Å². The van der Waals surface area contributed by atoms with Gasteiger partial charge in [-0.25, -0.2) is 0 Å². The van der Waals surface area contributed by atoms with E-state index in [9.17, 15) is 4.79 Å². The molecule has 1 fully saturated rings. The van der Waals surface area contributed by atoms with Gasteiger partial charge in [-0.2, -0.15) is 0 Å². The van der Waals surface area contributed by atoms with Crippen LogP contribution in [0.15, 0.2) is 30.3 Å². The van der Waals surface area contributed by atoms with Gasteiger partial charge in [0, 0.05) is 6.61 Å². The number of ether oxygens (including phenoxy) is 2. The van der Waals surface area contributed by atoms with Crippen LogP contribution in [0.3, 0.4) is 0 Å². The van der Waals surface area contributed by atoms with E-state index in [-0.39, 0.29) is 11.8 Å². The van der Waals surface area contributed by atoms with Crippen molar-refractivity contribution < 1.29 is 14.3 Å². The summed E-state index contributed by atoms with van der Waals surface area (Å²) in [6, 6.07) is 9.93. The normalized spacial score (nSPS) is 22.1. The van der Waals surface area contributed by atoms with Crippen molar-refractivity contribution in [1.29, 1.82) is 0 Å². The Morgan fingerprint density at radius 3 is 2.80 bits per heavy atom. The highest BCUT2D eigenvalue weighted by molar-refractivity contribution is 5.81. The molecule has 110 valence electrons. The second-order valence-electron chi connectivity index (χ2n) is 5.67. The summed E-state index contributed by atoms with van der Waals surface area (Å²) in [5.74, 6) is -0.161. The molecule has 1 aliphatic heterocycles. The summed E-state index contributed by atoms with van der Waals surface area (Å²) in [6.07, 6.45) is 1.94. The monoisotopic (exact) mass is 277 g/mol. The predicted octanol–water partition coefficient (Wildman–Crippen LogP) is 2.12. The molecule has 2 rings (SSSR count). The first kappa shape index (κ1) is 15.0. The largest absolute Gasteiger partial charge is 0.381 e. The lowest BCUT2D eigenvalue weighted by Gasteiger charge is -2.36. The van der Waals surface area contributed by atoms with Gasteiger partial charge in [-0.15, -0.1) is 0 Å². The van der Waals surface area contributed by atoms with Crippen molar-refractivity contribution >= 4 is 5.91 Å². The lowest BCUT2D eigenvalue weighted by molar-refractivity contribution is -0.139. The first-order valence-corrected chi connectivity index (χ1v) is 7.12. The Balaban J connectivity index is 1.93. The zero-order chi connectivity index (χ0) is 14.4. The summed E-state index contributed by atoms with van der Waals surface area (Å²) in [4.78, 5) is 11.8. The molecule has 2 N–H and O–H groups in total. The molecule has 0 radical (unpaired) electrons. The van der Waals surface area contributed by atoms with Gasteiger partial charge in [0.15, 0.2) is 0 Å². The van der Waals surface area contributed by atoms with E-state index in [0.717, 1.165) is 25.0 Å². The second kappa shape index (κ2) is 6.86. The predicted molar refractivity (Wildman–Crippen MR) is 76.9 cm³/mol. The minimum absolute atomic E-state index is 0.143. The van der Waals surface area contributed by atoms with Crippen molar-refractivity contribution in [3.8, 4) is 0 Å². The van der Waals surface area contributed by atoms with Crippen LogP contribution in [0.25, 0.3) is 0 Å². The summed E-state index contributed by atoms with van der Waals surface area (Å²) in [5.41, 5.74) is 6.05. The molecule has 0 bridgehead atoms. The van der Waals surface area contributed by atoms with Crippen molar-refractivity contribution in [2.75, 3.05) is 19.8 Å². The van der Waals surface area contributed by atoms with Gasteiger partial charge in [0.25, 0.3) is 0 Å². The molecule has 0 spiro atoms. The molecule has 4 nitrogen and oxygen atoms in total. The van der Waals surface area contributed by atoms with Crippen LogP contribution >= 0.6 is 0 Å². The van der Waals surface area contributed by atoms with E-state index in [1.165, 1.54) is 0 Å². The number of hydrogen-bond donors (Lipinski definition) is 1. The maximum atomic E-state index is 11.8. The van der Waals surface area contributed by atoms with E-state index < -0.39 is 5.41 Å². The van der Waals surface area contributed by atoms with Gasteiger partial charge < -0.3 is 15.2 Å². The number of amides is 1. The van der Waals surface area contributed by atoms with Crippen LogP contribution in [-0.4, -0.2) is 25.7 Å². The molecular formula is C16H23NO3. The molecule has 1 heterocycles. The van der Waals surface area contributed by atoms with Crippen molar-refractivity contribution in [1.82, 2.24) is 0 Å². The Morgan fingerprint density at radius 1 is 1.45 bits per heavy atom. The van der Waals surface area contributed by atoms with Gasteiger partial charge in [0.2, 0.25) is 5.91 Å². The average molecular weight is 277 g/mol. The minimum Gasteiger partial charge on any atom is -0.381 e. The van der Waals surface area contributed by atoms with Gasteiger partial charge in [-0.3, -0.25) is 4.79 Å². The SMILES string of the molecule is CC(COCc1ccccc1)(C(N)=O)C1CCCOC1. The first-order chi connectivity index (χ1) is 9.63. The topological polar surface area (TPSA) is 61.5 Å². The fraction of sp³-hybridized carbons (Fsp3) is 0.562. The fourth-order valence-corrected chi connectivity index (χ4v) is 2.59. The van der Waals surface area contributed by atoms with Crippen LogP contribution in [0.5, 0.6) is 0 Å². The van der Waals surface area contributed by atoms with Crippen molar-refractivity contribution in [2.45, 2.75) is 26.4 Å². The smallest absolute Gasteiger partial charge is 0.226 e. The molecule has 2 unspecified atom stereocenters. The van der Waals surface area contributed by atoms with Crippen molar-refractivity contribution in [3.63, 3.8) is 0 Å². The van der Waals surface area contributed by atoms with Crippen LogP contribution < -0.4 is 5.73 Å². The lowest BCUT2D eigenvalue weighted by atomic mass is 9.74. The molecule has 1 aromatic carbocycles. The highest BCUT2D eigenvalue weighted by Crippen LogP contribution is 2.34. The van der Waals surface area contributed by atoms with E-state index in [1.54, 1.807) is 0 Å². The van der Waals surface area contributed by atoms with Gasteiger partial charge in [0.05, 0.1) is 25.2 Å². The van der Waals surface area contributed by atoms with Gasteiger partial charge in [-0.1, -0.05) is 30.3 Å². The molecule has 1 saturated heterocycles. The molecular weight excluding hydrogens is 254 g/mol. The highest BCUT2D eigenvalue weighted by Gasteiger charge is 2.41. The highest BCUT2D eigenvalue weighted by atomic mass is 16.5. The summed E-state index contributed by atoms with van der Waals surface area (Å²) >= 11 is 0. The molecule has 4 heteroatoms. The van der Waals surface area contributed by atoms with Crippen LogP contribution in [0.1, 0.15) is 25.3 Å². The summed E-state index contributed by atoms with van der Waals surface area (Å²) in [7, 11) is 0. The Labute approximate surface area is 120 Å². The van der Waals surface area contributed by atoms with Crippen LogP contribution in [-0.2, 0) is 20.9 Å². The zero-order valence-corrected chi connectivity index (χ0v) is 12.0. The summed E-state index contributed by atoms with van der Waals surface area (Å²) in [6.45, 7) is 4.09. The molecule has 1 aromatic rings. The third-order valence-electron chi connectivity index (χ3n) is 4.14. The number of nitrogens with two attached hydrogens (primary N) is 1. The Morgan fingerprint density at radius 2 is 2.20 bits per heavy atom. The number of carbonyl (C=O) groups excluding carboxylic acids is 1. The van der Waals surface area contributed by atoms with E-state index in [0.29, 0.717) is 19.8 Å². The van der Waals surface area contributed by atoms with E-state index in [4.69, 9.17) is 15.2 Å². The summed E-state index contributed by atoms with van der Waals surface area (Å²) in [5, 5.41) is 0. The fourth-order valence-electron chi connectivity index (χ4n) is 2.59. The Hall–Kier alpha value is -1.39. The van der Waals surface area contributed by atoms with Crippen molar-refractivity contribution in [3.05, 3.63) is 35.9 Å². The van der Waals surface area contributed by atoms with E-state index in [2.05, 4.69) is 0 Å².